The molecule has 1 N–H and O–H groups in total. The van der Waals surface area contributed by atoms with Gasteiger partial charge < -0.3 is 5.32 Å². The summed E-state index contributed by atoms with van der Waals surface area (Å²) in [5, 5.41) is 2.83. The van der Waals surface area contributed by atoms with E-state index < -0.39 is 9.05 Å². The molecule has 18 heavy (non-hydrogen) atoms. The van der Waals surface area contributed by atoms with Gasteiger partial charge in [-0.3, -0.25) is 4.79 Å². The molecule has 0 saturated carbocycles. The summed E-state index contributed by atoms with van der Waals surface area (Å²) in [6.45, 7) is 5.46. The minimum absolute atomic E-state index is 0.0449. The molecule has 1 atom stereocenters. The predicted octanol–water partition coefficient (Wildman–Crippen LogP) is 2.45. The van der Waals surface area contributed by atoms with Crippen LogP contribution in [0.4, 0.5) is 0 Å². The van der Waals surface area contributed by atoms with Crippen LogP contribution in [0.25, 0.3) is 0 Å². The van der Waals surface area contributed by atoms with Crippen LogP contribution in [0.3, 0.4) is 0 Å². The highest BCUT2D eigenvalue weighted by Gasteiger charge is 2.14. The van der Waals surface area contributed by atoms with Crippen molar-refractivity contribution in [2.45, 2.75) is 31.7 Å². The van der Waals surface area contributed by atoms with E-state index in [9.17, 15) is 13.2 Å². The number of hydrogen-bond acceptors (Lipinski definition) is 3. The molecule has 0 fully saturated rings. The molecule has 6 heteroatoms. The van der Waals surface area contributed by atoms with Crippen LogP contribution in [-0.4, -0.2) is 14.3 Å². The van der Waals surface area contributed by atoms with E-state index in [1.165, 1.54) is 12.1 Å². The molecule has 1 unspecified atom stereocenters. The van der Waals surface area contributed by atoms with E-state index in [2.05, 4.69) is 5.32 Å². The molecule has 0 spiro atoms. The highest BCUT2D eigenvalue weighted by molar-refractivity contribution is 8.13. The SMILES string of the molecule is CC(C)C(=O)NC(C)c1ccc(S(=O)(=O)Cl)cc1. The molecule has 0 aliphatic heterocycles. The maximum atomic E-state index is 11.5. The summed E-state index contributed by atoms with van der Waals surface area (Å²) < 4.78 is 22.2. The highest BCUT2D eigenvalue weighted by Crippen LogP contribution is 2.19. The molecule has 1 rings (SSSR count). The standard InChI is InChI=1S/C12H16ClNO3S/c1-8(2)12(15)14-9(3)10-4-6-11(7-5-10)18(13,16)17/h4-9H,1-3H3,(H,14,15). The summed E-state index contributed by atoms with van der Waals surface area (Å²) in [7, 11) is 1.52. The summed E-state index contributed by atoms with van der Waals surface area (Å²) in [5.74, 6) is -0.133. The fraction of sp³-hybridized carbons (Fsp3) is 0.417. The van der Waals surface area contributed by atoms with Crippen molar-refractivity contribution in [3.05, 3.63) is 29.8 Å². The quantitative estimate of drug-likeness (QED) is 0.866. The third-order valence-corrected chi connectivity index (χ3v) is 3.91. The maximum Gasteiger partial charge on any atom is 0.261 e. The number of carbonyl (C=O) groups is 1. The van der Waals surface area contributed by atoms with Crippen molar-refractivity contribution in [3.8, 4) is 0 Å². The first-order valence-corrected chi connectivity index (χ1v) is 7.87. The lowest BCUT2D eigenvalue weighted by molar-refractivity contribution is -0.124. The molecule has 0 aromatic heterocycles. The Balaban J connectivity index is 2.83. The molecule has 0 heterocycles. The monoisotopic (exact) mass is 289 g/mol. The first-order valence-electron chi connectivity index (χ1n) is 5.57. The number of nitrogens with one attached hydrogen (secondary N) is 1. The minimum Gasteiger partial charge on any atom is -0.349 e. The molecule has 4 nitrogen and oxygen atoms in total. The topological polar surface area (TPSA) is 63.2 Å². The zero-order valence-electron chi connectivity index (χ0n) is 10.5. The van der Waals surface area contributed by atoms with Crippen molar-refractivity contribution in [1.29, 1.82) is 0 Å². The number of amides is 1. The van der Waals surface area contributed by atoms with Crippen LogP contribution in [-0.2, 0) is 13.8 Å². The zero-order chi connectivity index (χ0) is 13.9. The second-order valence-electron chi connectivity index (χ2n) is 4.39. The lowest BCUT2D eigenvalue weighted by Crippen LogP contribution is -2.30. The normalized spacial score (nSPS) is 13.4. The first-order chi connectivity index (χ1) is 8.21. The van der Waals surface area contributed by atoms with Crippen LogP contribution in [0.15, 0.2) is 29.2 Å². The largest absolute Gasteiger partial charge is 0.349 e. The molecule has 0 aliphatic rings. The summed E-state index contributed by atoms with van der Waals surface area (Å²) in [4.78, 5) is 11.6. The molecule has 1 aromatic carbocycles. The lowest BCUT2D eigenvalue weighted by Gasteiger charge is -2.16. The van der Waals surface area contributed by atoms with Gasteiger partial charge in [-0.1, -0.05) is 26.0 Å². The van der Waals surface area contributed by atoms with E-state index in [1.54, 1.807) is 12.1 Å². The minimum atomic E-state index is -3.70. The average molecular weight is 290 g/mol. The zero-order valence-corrected chi connectivity index (χ0v) is 12.0. The molecule has 1 aromatic rings. The van der Waals surface area contributed by atoms with E-state index in [-0.39, 0.29) is 22.8 Å². The van der Waals surface area contributed by atoms with Gasteiger partial charge in [0, 0.05) is 16.6 Å². The number of halogens is 1. The van der Waals surface area contributed by atoms with Crippen LogP contribution in [0.1, 0.15) is 32.4 Å². The number of benzene rings is 1. The molecule has 100 valence electrons. The Morgan fingerprint density at radius 2 is 1.67 bits per heavy atom. The summed E-state index contributed by atoms with van der Waals surface area (Å²) in [5.41, 5.74) is 0.827. The van der Waals surface area contributed by atoms with Gasteiger partial charge in [0.05, 0.1) is 10.9 Å². The molecule has 0 bridgehead atoms. The van der Waals surface area contributed by atoms with Crippen LogP contribution < -0.4 is 5.32 Å². The number of carbonyl (C=O) groups excluding carboxylic acids is 1. The van der Waals surface area contributed by atoms with Crippen molar-refractivity contribution < 1.29 is 13.2 Å². The Bertz CT molecular complexity index is 523. The molecule has 1 amide bonds. The molecule has 0 radical (unpaired) electrons. The highest BCUT2D eigenvalue weighted by atomic mass is 35.7. The van der Waals surface area contributed by atoms with Crippen molar-refractivity contribution in [2.24, 2.45) is 5.92 Å². The Morgan fingerprint density at radius 3 is 2.06 bits per heavy atom. The van der Waals surface area contributed by atoms with Crippen molar-refractivity contribution in [3.63, 3.8) is 0 Å². The van der Waals surface area contributed by atoms with Gasteiger partial charge in [0.1, 0.15) is 0 Å². The van der Waals surface area contributed by atoms with Crippen LogP contribution in [0.2, 0.25) is 0 Å². The summed E-state index contributed by atoms with van der Waals surface area (Å²) in [6, 6.07) is 5.96. The van der Waals surface area contributed by atoms with Gasteiger partial charge in [-0.2, -0.15) is 0 Å². The van der Waals surface area contributed by atoms with Crippen LogP contribution in [0, 0.1) is 5.92 Å². The van der Waals surface area contributed by atoms with Crippen LogP contribution >= 0.6 is 10.7 Å². The summed E-state index contributed by atoms with van der Waals surface area (Å²) in [6.07, 6.45) is 0. The molecule has 0 saturated heterocycles. The Labute approximate surface area is 112 Å². The van der Waals surface area contributed by atoms with Crippen LogP contribution in [0.5, 0.6) is 0 Å². The van der Waals surface area contributed by atoms with Crippen molar-refractivity contribution >= 4 is 25.6 Å². The van der Waals surface area contributed by atoms with Gasteiger partial charge in [-0.25, -0.2) is 8.42 Å². The maximum absolute atomic E-state index is 11.5. The Hall–Kier alpha value is -1.07. The second-order valence-corrected chi connectivity index (χ2v) is 6.96. The number of rotatable bonds is 4. The third kappa shape index (κ3) is 3.99. The van der Waals surface area contributed by atoms with Gasteiger partial charge in [0.15, 0.2) is 0 Å². The van der Waals surface area contributed by atoms with E-state index in [1.807, 2.05) is 20.8 Å². The summed E-state index contributed by atoms with van der Waals surface area (Å²) >= 11 is 0. The molecular weight excluding hydrogens is 274 g/mol. The van der Waals surface area contributed by atoms with Crippen molar-refractivity contribution in [1.82, 2.24) is 5.32 Å². The Morgan fingerprint density at radius 1 is 1.17 bits per heavy atom. The fourth-order valence-electron chi connectivity index (χ4n) is 1.38. The number of hydrogen-bond donors (Lipinski definition) is 1. The van der Waals surface area contributed by atoms with Gasteiger partial charge in [-0.15, -0.1) is 0 Å². The predicted molar refractivity (Wildman–Crippen MR) is 70.9 cm³/mol. The average Bonchev–Trinajstić information content (AvgIpc) is 2.27. The van der Waals surface area contributed by atoms with E-state index in [0.717, 1.165) is 5.56 Å². The lowest BCUT2D eigenvalue weighted by atomic mass is 10.1. The molecular formula is C12H16ClNO3S. The van der Waals surface area contributed by atoms with Gasteiger partial charge in [-0.05, 0) is 24.6 Å². The molecule has 0 aliphatic carbocycles. The third-order valence-electron chi connectivity index (χ3n) is 2.54. The fourth-order valence-corrected chi connectivity index (χ4v) is 2.15. The second kappa shape index (κ2) is 5.71. The van der Waals surface area contributed by atoms with Gasteiger partial charge >= 0.3 is 0 Å². The van der Waals surface area contributed by atoms with Gasteiger partial charge in [0.25, 0.3) is 9.05 Å². The van der Waals surface area contributed by atoms with E-state index in [4.69, 9.17) is 10.7 Å². The smallest absolute Gasteiger partial charge is 0.261 e. The van der Waals surface area contributed by atoms with Crippen molar-refractivity contribution in [2.75, 3.05) is 0 Å². The van der Waals surface area contributed by atoms with E-state index in [0.29, 0.717) is 0 Å². The van der Waals surface area contributed by atoms with E-state index >= 15 is 0 Å². The Kier molecular flexibility index (Phi) is 4.76. The van der Waals surface area contributed by atoms with Gasteiger partial charge in [0.2, 0.25) is 5.91 Å². The first kappa shape index (κ1) is 15.0.